The van der Waals surface area contributed by atoms with E-state index < -0.39 is 26.5 Å². The Hall–Kier alpha value is -3.33. The molecule has 2 atom stereocenters. The summed E-state index contributed by atoms with van der Waals surface area (Å²) in [5, 5.41) is 0. The minimum Gasteiger partial charge on any atom is -0.756 e. The molecule has 0 bridgehead atoms. The van der Waals surface area contributed by atoms with Gasteiger partial charge in [-0.1, -0.05) is 329 Å². The van der Waals surface area contributed by atoms with Crippen molar-refractivity contribution < 1.29 is 42.1 Å². The van der Waals surface area contributed by atoms with Crippen LogP contribution in [0.15, 0.2) is 109 Å². The molecule has 0 saturated carbocycles. The van der Waals surface area contributed by atoms with Crippen molar-refractivity contribution in [3.63, 3.8) is 0 Å². The third-order valence-electron chi connectivity index (χ3n) is 16.3. The van der Waals surface area contributed by atoms with Gasteiger partial charge in [0, 0.05) is 12.8 Å². The zero-order valence-electron chi connectivity index (χ0n) is 59.3. The quantitative estimate of drug-likeness (QED) is 0.0195. The maximum atomic E-state index is 12.9. The molecule has 9 nitrogen and oxygen atoms in total. The molecule has 0 fully saturated rings. The molecular formula is C80H142NO8P. The summed E-state index contributed by atoms with van der Waals surface area (Å²) in [7, 11) is 1.16. The van der Waals surface area contributed by atoms with E-state index in [1.54, 1.807) is 0 Å². The number of phosphoric acid groups is 1. The van der Waals surface area contributed by atoms with Gasteiger partial charge < -0.3 is 27.9 Å². The van der Waals surface area contributed by atoms with Crippen LogP contribution < -0.4 is 4.89 Å². The first kappa shape index (κ1) is 86.7. The zero-order chi connectivity index (χ0) is 65.5. The molecule has 0 heterocycles. The second-order valence-corrected chi connectivity index (χ2v) is 27.7. The number of ether oxygens (including phenoxy) is 2. The van der Waals surface area contributed by atoms with Crippen molar-refractivity contribution in [2.45, 2.75) is 341 Å². The zero-order valence-corrected chi connectivity index (χ0v) is 60.2. The fraction of sp³-hybridized carbons (Fsp3) is 0.750. The minimum atomic E-state index is -4.65. The van der Waals surface area contributed by atoms with Crippen LogP contribution >= 0.6 is 7.82 Å². The van der Waals surface area contributed by atoms with Crippen LogP contribution in [0.3, 0.4) is 0 Å². The summed E-state index contributed by atoms with van der Waals surface area (Å²) in [5.74, 6) is -0.839. The van der Waals surface area contributed by atoms with Gasteiger partial charge >= 0.3 is 11.9 Å². The van der Waals surface area contributed by atoms with Gasteiger partial charge in [0.15, 0.2) is 6.10 Å². The molecule has 520 valence electrons. The normalized spacial score (nSPS) is 13.7. The molecule has 0 radical (unpaired) electrons. The topological polar surface area (TPSA) is 111 Å². The number of rotatable bonds is 69. The van der Waals surface area contributed by atoms with Crippen LogP contribution in [0.4, 0.5) is 0 Å². The van der Waals surface area contributed by atoms with Crippen molar-refractivity contribution in [1.29, 1.82) is 0 Å². The Labute approximate surface area is 556 Å². The number of esters is 2. The maximum Gasteiger partial charge on any atom is 0.306 e. The number of allylic oxidation sites excluding steroid dienone is 18. The Bertz CT molecular complexity index is 1890. The Kier molecular flexibility index (Phi) is 67.4. The average molecular weight is 1280 g/mol. The van der Waals surface area contributed by atoms with Crippen molar-refractivity contribution >= 4 is 19.8 Å². The molecule has 2 unspecified atom stereocenters. The number of likely N-dealkylation sites (N-methyl/N-ethyl adjacent to an activating group) is 1. The molecule has 0 aliphatic heterocycles. The Morgan fingerprint density at radius 2 is 0.633 bits per heavy atom. The predicted octanol–water partition coefficient (Wildman–Crippen LogP) is 24.2. The highest BCUT2D eigenvalue weighted by Crippen LogP contribution is 2.38. The largest absolute Gasteiger partial charge is 0.756 e. The molecule has 0 aliphatic carbocycles. The summed E-state index contributed by atoms with van der Waals surface area (Å²) >= 11 is 0. The smallest absolute Gasteiger partial charge is 0.306 e. The SMILES string of the molecule is CC/C=C\C/C=C\C/C=C\C/C=C\C/C=C\C/C=C\C/C=C\CCCCCCCCCC(=O)OC(COC(=O)CCCCCCCCCCCCCCCCCCCCCCCCCCC/C=C\C/C=C\CCCCCCC)COP(=O)([O-])OCC[N+](C)(C)C. The summed E-state index contributed by atoms with van der Waals surface area (Å²) < 4.78 is 34.3. The van der Waals surface area contributed by atoms with E-state index in [1.807, 2.05) is 21.1 Å². The lowest BCUT2D eigenvalue weighted by Gasteiger charge is -2.28. The lowest BCUT2D eigenvalue weighted by molar-refractivity contribution is -0.870. The molecule has 0 aromatic heterocycles. The highest BCUT2D eigenvalue weighted by molar-refractivity contribution is 7.45. The molecule has 0 aromatic rings. The number of carbonyl (C=O) groups is 2. The van der Waals surface area contributed by atoms with E-state index in [-0.39, 0.29) is 32.0 Å². The lowest BCUT2D eigenvalue weighted by atomic mass is 10.0. The molecule has 0 N–H and O–H groups in total. The first-order chi connectivity index (χ1) is 44.0. The van der Waals surface area contributed by atoms with Crippen LogP contribution in [0.5, 0.6) is 0 Å². The highest BCUT2D eigenvalue weighted by atomic mass is 31.2. The van der Waals surface area contributed by atoms with Crippen LogP contribution in [0, 0.1) is 0 Å². The Morgan fingerprint density at radius 3 is 0.944 bits per heavy atom. The van der Waals surface area contributed by atoms with E-state index in [0.717, 1.165) is 96.3 Å². The van der Waals surface area contributed by atoms with Crippen molar-refractivity contribution in [3.8, 4) is 0 Å². The Morgan fingerprint density at radius 1 is 0.356 bits per heavy atom. The van der Waals surface area contributed by atoms with E-state index in [0.29, 0.717) is 17.4 Å². The van der Waals surface area contributed by atoms with E-state index in [2.05, 4.69) is 123 Å². The molecular weight excluding hydrogens is 1130 g/mol. The highest BCUT2D eigenvalue weighted by Gasteiger charge is 2.22. The van der Waals surface area contributed by atoms with Gasteiger partial charge in [0.05, 0.1) is 27.7 Å². The lowest BCUT2D eigenvalue weighted by Crippen LogP contribution is -2.37. The van der Waals surface area contributed by atoms with E-state index in [1.165, 1.54) is 205 Å². The van der Waals surface area contributed by atoms with E-state index in [4.69, 9.17) is 18.5 Å². The van der Waals surface area contributed by atoms with Gasteiger partial charge in [-0.15, -0.1) is 0 Å². The first-order valence-electron chi connectivity index (χ1n) is 37.6. The molecule has 0 amide bonds. The summed E-state index contributed by atoms with van der Waals surface area (Å²) in [6.07, 6.45) is 99.1. The van der Waals surface area contributed by atoms with Crippen LogP contribution in [0.2, 0.25) is 0 Å². The molecule has 10 heteroatoms. The van der Waals surface area contributed by atoms with Gasteiger partial charge in [0.2, 0.25) is 0 Å². The maximum absolute atomic E-state index is 12.9. The molecule has 0 spiro atoms. The molecule has 90 heavy (non-hydrogen) atoms. The standard InChI is InChI=1S/C80H142NO8P/c1-6-8-10-12-14-16-18-20-22-24-26-28-30-32-34-36-37-38-39-40-41-42-43-45-46-48-50-52-54-56-58-60-62-64-66-68-70-72-79(82)86-76-78(77-88-90(84,85)87-75-74-81(3,4)5)89-80(83)73-71-69-67-65-63-61-59-57-55-53-51-49-47-44-35-33-31-29-27-25-23-21-19-17-15-13-11-9-7-2/h9,11,15,17-18,20-21,23-24,26-27,29,33,35,47,49,53,55,78H,6-8,10,12-14,16,19,22,25,28,30-32,34,36-46,48,50-52,54,56-77H2,1-5H3/b11-9-,17-15-,20-18-,23-21-,26-24-,29-27-,35-33-,49-47-,55-53-. The Balaban J connectivity index is 4.00. The number of hydrogen-bond donors (Lipinski definition) is 0. The molecule has 0 rings (SSSR count). The number of hydrogen-bond acceptors (Lipinski definition) is 8. The second kappa shape index (κ2) is 70.0. The summed E-state index contributed by atoms with van der Waals surface area (Å²) in [4.78, 5) is 38.1. The van der Waals surface area contributed by atoms with Crippen molar-refractivity contribution in [2.75, 3.05) is 47.5 Å². The average Bonchev–Trinajstić information content (AvgIpc) is 3.58. The van der Waals surface area contributed by atoms with Gasteiger partial charge in [-0.25, -0.2) is 0 Å². The van der Waals surface area contributed by atoms with Crippen LogP contribution in [0.1, 0.15) is 335 Å². The van der Waals surface area contributed by atoms with Crippen molar-refractivity contribution in [3.05, 3.63) is 109 Å². The second-order valence-electron chi connectivity index (χ2n) is 26.3. The molecule has 0 aromatic carbocycles. The number of nitrogens with zero attached hydrogens (tertiary/aromatic N) is 1. The van der Waals surface area contributed by atoms with Crippen LogP contribution in [-0.4, -0.2) is 70.0 Å². The summed E-state index contributed by atoms with van der Waals surface area (Å²) in [6.45, 7) is 4.13. The van der Waals surface area contributed by atoms with Gasteiger partial charge in [-0.2, -0.15) is 0 Å². The third kappa shape index (κ3) is 73.7. The summed E-state index contributed by atoms with van der Waals surface area (Å²) in [6, 6.07) is 0. The van der Waals surface area contributed by atoms with Crippen LogP contribution in [0.25, 0.3) is 0 Å². The van der Waals surface area contributed by atoms with E-state index >= 15 is 0 Å². The number of carbonyl (C=O) groups excluding carboxylic acids is 2. The first-order valence-corrected chi connectivity index (χ1v) is 39.1. The fourth-order valence-electron chi connectivity index (χ4n) is 10.6. The number of unbranched alkanes of at least 4 members (excludes halogenated alkanes) is 37. The molecule has 0 saturated heterocycles. The van der Waals surface area contributed by atoms with Gasteiger partial charge in [0.25, 0.3) is 7.82 Å². The number of quaternary nitrogens is 1. The minimum absolute atomic E-state index is 0.0368. The van der Waals surface area contributed by atoms with Crippen molar-refractivity contribution in [2.24, 2.45) is 0 Å². The summed E-state index contributed by atoms with van der Waals surface area (Å²) in [5.41, 5.74) is 0. The van der Waals surface area contributed by atoms with E-state index in [9.17, 15) is 19.0 Å². The van der Waals surface area contributed by atoms with Gasteiger partial charge in [0.1, 0.15) is 19.8 Å². The van der Waals surface area contributed by atoms with Gasteiger partial charge in [-0.3, -0.25) is 14.2 Å². The predicted molar refractivity (Wildman–Crippen MR) is 388 cm³/mol. The van der Waals surface area contributed by atoms with Gasteiger partial charge in [-0.05, 0) is 103 Å². The molecule has 0 aliphatic rings. The number of phosphoric ester groups is 1. The van der Waals surface area contributed by atoms with Crippen LogP contribution in [-0.2, 0) is 32.7 Å². The fourth-order valence-corrected chi connectivity index (χ4v) is 11.3. The monoisotopic (exact) mass is 1280 g/mol. The van der Waals surface area contributed by atoms with Crippen molar-refractivity contribution in [1.82, 2.24) is 0 Å². The third-order valence-corrected chi connectivity index (χ3v) is 17.2.